The van der Waals surface area contributed by atoms with E-state index in [1.54, 1.807) is 0 Å². The van der Waals surface area contributed by atoms with Crippen LogP contribution in [0.25, 0.3) is 11.1 Å². The first-order valence-corrected chi connectivity index (χ1v) is 9.99. The van der Waals surface area contributed by atoms with Crippen LogP contribution in [0.3, 0.4) is 0 Å². The fourth-order valence-electron chi connectivity index (χ4n) is 3.94. The van der Waals surface area contributed by atoms with Crippen molar-refractivity contribution in [3.05, 3.63) is 58.7 Å². The average molecular weight is 353 g/mol. The maximum atomic E-state index is 11.0. The molecule has 0 aromatic heterocycles. The van der Waals surface area contributed by atoms with E-state index in [1.807, 2.05) is 0 Å². The van der Waals surface area contributed by atoms with E-state index in [1.165, 1.54) is 22.3 Å². The van der Waals surface area contributed by atoms with Gasteiger partial charge in [0.2, 0.25) is 0 Å². The standard InChI is InChI=1S/C23H32N2O/c1-5-24(6-2)15-17-9-11-19-20-12-10-18(16-25(7-3)8-4)14-22(20)23(26)21(19)13-17/h9-14,23,26H,5-8,15-16H2,1-4H3. The Bertz CT molecular complexity index is 684. The second-order valence-corrected chi connectivity index (χ2v) is 7.17. The van der Waals surface area contributed by atoms with Crippen molar-refractivity contribution in [1.82, 2.24) is 9.80 Å². The minimum absolute atomic E-state index is 0.506. The van der Waals surface area contributed by atoms with Crippen molar-refractivity contribution in [2.24, 2.45) is 0 Å². The number of aliphatic hydroxyl groups is 1. The van der Waals surface area contributed by atoms with E-state index in [0.717, 1.165) is 50.4 Å². The van der Waals surface area contributed by atoms with Gasteiger partial charge in [-0.1, -0.05) is 64.1 Å². The Kier molecular flexibility index (Phi) is 6.13. The van der Waals surface area contributed by atoms with E-state index in [-0.39, 0.29) is 0 Å². The van der Waals surface area contributed by atoms with Crippen LogP contribution >= 0.6 is 0 Å². The molecule has 1 aliphatic rings. The second kappa shape index (κ2) is 8.34. The molecule has 0 fully saturated rings. The number of benzene rings is 2. The molecule has 0 saturated carbocycles. The molecule has 3 heteroatoms. The normalized spacial score (nSPS) is 13.5. The molecule has 2 aromatic rings. The lowest BCUT2D eigenvalue weighted by atomic mass is 10.0. The molecule has 2 aromatic carbocycles. The highest BCUT2D eigenvalue weighted by Gasteiger charge is 2.27. The first kappa shape index (κ1) is 19.1. The zero-order valence-corrected chi connectivity index (χ0v) is 16.6. The van der Waals surface area contributed by atoms with Gasteiger partial charge in [0.15, 0.2) is 0 Å². The van der Waals surface area contributed by atoms with Gasteiger partial charge in [-0.25, -0.2) is 0 Å². The molecule has 3 rings (SSSR count). The summed E-state index contributed by atoms with van der Waals surface area (Å²) in [5, 5.41) is 11.0. The molecule has 0 aliphatic heterocycles. The van der Waals surface area contributed by atoms with Crippen LogP contribution < -0.4 is 0 Å². The molecule has 1 aliphatic carbocycles. The van der Waals surface area contributed by atoms with Crippen molar-refractivity contribution in [3.63, 3.8) is 0 Å². The van der Waals surface area contributed by atoms with Crippen LogP contribution in [0.4, 0.5) is 0 Å². The Morgan fingerprint density at radius 3 is 1.42 bits per heavy atom. The van der Waals surface area contributed by atoms with Gasteiger partial charge in [-0.05, 0) is 59.6 Å². The predicted molar refractivity (Wildman–Crippen MR) is 109 cm³/mol. The van der Waals surface area contributed by atoms with Crippen molar-refractivity contribution in [2.45, 2.75) is 46.9 Å². The van der Waals surface area contributed by atoms with Crippen molar-refractivity contribution >= 4 is 0 Å². The molecule has 26 heavy (non-hydrogen) atoms. The van der Waals surface area contributed by atoms with Crippen LogP contribution in [0.15, 0.2) is 36.4 Å². The molecule has 0 saturated heterocycles. The highest BCUT2D eigenvalue weighted by Crippen LogP contribution is 2.44. The summed E-state index contributed by atoms with van der Waals surface area (Å²) >= 11 is 0. The second-order valence-electron chi connectivity index (χ2n) is 7.17. The third kappa shape index (κ3) is 3.71. The molecular weight excluding hydrogens is 320 g/mol. The molecule has 0 radical (unpaired) electrons. The summed E-state index contributed by atoms with van der Waals surface area (Å²) in [6, 6.07) is 13.2. The van der Waals surface area contributed by atoms with Crippen LogP contribution in [0.1, 0.15) is 56.1 Å². The van der Waals surface area contributed by atoms with Gasteiger partial charge in [-0.3, -0.25) is 9.80 Å². The molecule has 0 bridgehead atoms. The molecule has 0 spiro atoms. The molecule has 1 N–H and O–H groups in total. The topological polar surface area (TPSA) is 26.7 Å². The zero-order valence-electron chi connectivity index (χ0n) is 16.6. The quantitative estimate of drug-likeness (QED) is 0.761. The van der Waals surface area contributed by atoms with Gasteiger partial charge in [0.05, 0.1) is 0 Å². The SMILES string of the molecule is CCN(CC)Cc1ccc2c(c1)C(O)c1cc(CN(CC)CC)ccc1-2. The predicted octanol–water partition coefficient (Wildman–Crippen LogP) is 4.43. The van der Waals surface area contributed by atoms with Crippen LogP contribution in [0, 0.1) is 0 Å². The van der Waals surface area contributed by atoms with Gasteiger partial charge in [0, 0.05) is 13.1 Å². The van der Waals surface area contributed by atoms with Gasteiger partial charge in [0.25, 0.3) is 0 Å². The Morgan fingerprint density at radius 1 is 0.692 bits per heavy atom. The highest BCUT2D eigenvalue weighted by atomic mass is 16.3. The monoisotopic (exact) mass is 352 g/mol. The van der Waals surface area contributed by atoms with Gasteiger partial charge in [-0.2, -0.15) is 0 Å². The van der Waals surface area contributed by atoms with Gasteiger partial charge in [-0.15, -0.1) is 0 Å². The molecule has 0 atom stereocenters. The Labute approximate surface area is 158 Å². The van der Waals surface area contributed by atoms with E-state index in [0.29, 0.717) is 0 Å². The third-order valence-electron chi connectivity index (χ3n) is 5.71. The Hall–Kier alpha value is -1.68. The minimum atomic E-state index is -0.506. The first-order valence-electron chi connectivity index (χ1n) is 9.99. The van der Waals surface area contributed by atoms with Crippen LogP contribution in [-0.2, 0) is 13.1 Å². The van der Waals surface area contributed by atoms with E-state index in [9.17, 15) is 5.11 Å². The van der Waals surface area contributed by atoms with E-state index in [4.69, 9.17) is 0 Å². The lowest BCUT2D eigenvalue weighted by Crippen LogP contribution is -2.22. The van der Waals surface area contributed by atoms with Gasteiger partial charge in [0.1, 0.15) is 6.10 Å². The maximum absolute atomic E-state index is 11.0. The average Bonchev–Trinajstić information content (AvgIpc) is 2.95. The fourth-order valence-corrected chi connectivity index (χ4v) is 3.94. The summed E-state index contributed by atoms with van der Waals surface area (Å²) in [4.78, 5) is 4.80. The number of aliphatic hydroxyl groups excluding tert-OH is 1. The maximum Gasteiger partial charge on any atom is 0.105 e. The number of hydrogen-bond acceptors (Lipinski definition) is 3. The zero-order chi connectivity index (χ0) is 18.7. The van der Waals surface area contributed by atoms with E-state index in [2.05, 4.69) is 73.9 Å². The summed E-state index contributed by atoms with van der Waals surface area (Å²) in [6.45, 7) is 14.8. The lowest BCUT2D eigenvalue weighted by Gasteiger charge is -2.19. The first-order chi connectivity index (χ1) is 12.6. The summed E-state index contributed by atoms with van der Waals surface area (Å²) in [5.74, 6) is 0. The summed E-state index contributed by atoms with van der Waals surface area (Å²) < 4.78 is 0. The number of rotatable bonds is 8. The van der Waals surface area contributed by atoms with Crippen molar-refractivity contribution in [1.29, 1.82) is 0 Å². The van der Waals surface area contributed by atoms with Gasteiger partial charge >= 0.3 is 0 Å². The Morgan fingerprint density at radius 2 is 1.08 bits per heavy atom. The molecule has 0 amide bonds. The van der Waals surface area contributed by atoms with Crippen LogP contribution in [0.5, 0.6) is 0 Å². The molecule has 140 valence electrons. The van der Waals surface area contributed by atoms with E-state index >= 15 is 0 Å². The van der Waals surface area contributed by atoms with Crippen LogP contribution in [-0.4, -0.2) is 41.1 Å². The van der Waals surface area contributed by atoms with Crippen molar-refractivity contribution in [3.8, 4) is 11.1 Å². The number of hydrogen-bond donors (Lipinski definition) is 1. The third-order valence-corrected chi connectivity index (χ3v) is 5.71. The molecule has 3 nitrogen and oxygen atoms in total. The smallest absolute Gasteiger partial charge is 0.105 e. The van der Waals surface area contributed by atoms with E-state index < -0.39 is 6.10 Å². The van der Waals surface area contributed by atoms with Crippen LogP contribution in [0.2, 0.25) is 0 Å². The summed E-state index contributed by atoms with van der Waals surface area (Å²) in [7, 11) is 0. The fraction of sp³-hybridized carbons (Fsp3) is 0.478. The molecule has 0 unspecified atom stereocenters. The number of nitrogens with zero attached hydrogens (tertiary/aromatic N) is 2. The van der Waals surface area contributed by atoms with Crippen molar-refractivity contribution in [2.75, 3.05) is 26.2 Å². The highest BCUT2D eigenvalue weighted by molar-refractivity contribution is 5.78. The largest absolute Gasteiger partial charge is 0.384 e. The lowest BCUT2D eigenvalue weighted by molar-refractivity contribution is 0.224. The summed E-state index contributed by atoms with van der Waals surface area (Å²) in [5.41, 5.74) is 7.05. The molecular formula is C23H32N2O. The Balaban J connectivity index is 1.87. The van der Waals surface area contributed by atoms with Crippen molar-refractivity contribution < 1.29 is 5.11 Å². The molecule has 0 heterocycles. The minimum Gasteiger partial charge on any atom is -0.384 e. The van der Waals surface area contributed by atoms with Gasteiger partial charge < -0.3 is 5.11 Å². The summed E-state index contributed by atoms with van der Waals surface area (Å²) in [6.07, 6.45) is -0.506. The number of fused-ring (bicyclic) bond motifs is 3.